The van der Waals surface area contributed by atoms with Crippen molar-refractivity contribution < 1.29 is 9.53 Å². The van der Waals surface area contributed by atoms with Crippen molar-refractivity contribution in [3.05, 3.63) is 59.4 Å². The first kappa shape index (κ1) is 12.3. The summed E-state index contributed by atoms with van der Waals surface area (Å²) in [6, 6.07) is 9.28. The average molecular weight is 241 g/mol. The quantitative estimate of drug-likeness (QED) is 0.772. The van der Waals surface area contributed by atoms with Gasteiger partial charge in [0.2, 0.25) is 0 Å². The molecule has 0 N–H and O–H groups in total. The van der Waals surface area contributed by atoms with Gasteiger partial charge in [0.25, 0.3) is 0 Å². The van der Waals surface area contributed by atoms with Crippen molar-refractivity contribution in [3.63, 3.8) is 0 Å². The summed E-state index contributed by atoms with van der Waals surface area (Å²) in [6.07, 6.45) is 3.57. The maximum Gasteiger partial charge on any atom is 0.163 e. The molecule has 0 fully saturated rings. The number of ketones is 1. The molecule has 1 heterocycles. The van der Waals surface area contributed by atoms with Gasteiger partial charge in [-0.1, -0.05) is 12.1 Å². The summed E-state index contributed by atoms with van der Waals surface area (Å²) in [5.74, 6) is 0.625. The molecule has 1 aromatic carbocycles. The number of carbonyl (C=O) groups is 1. The molecule has 2 aromatic rings. The van der Waals surface area contributed by atoms with Crippen molar-refractivity contribution in [1.82, 2.24) is 4.98 Å². The van der Waals surface area contributed by atoms with Gasteiger partial charge in [0.15, 0.2) is 5.78 Å². The Morgan fingerprint density at radius 1 is 1.28 bits per heavy atom. The number of benzene rings is 1. The molecule has 0 aliphatic heterocycles. The van der Waals surface area contributed by atoms with Crippen LogP contribution in [0.2, 0.25) is 0 Å². The third kappa shape index (κ3) is 2.94. The van der Waals surface area contributed by atoms with Gasteiger partial charge in [-0.3, -0.25) is 9.78 Å². The van der Waals surface area contributed by atoms with Crippen molar-refractivity contribution in [3.8, 4) is 5.75 Å². The van der Waals surface area contributed by atoms with Gasteiger partial charge in [0.1, 0.15) is 12.4 Å². The zero-order valence-corrected chi connectivity index (χ0v) is 10.5. The van der Waals surface area contributed by atoms with Gasteiger partial charge in [-0.25, -0.2) is 0 Å². The molecular weight excluding hydrogens is 226 g/mol. The summed E-state index contributed by atoms with van der Waals surface area (Å²) in [5.41, 5.74) is 2.70. The van der Waals surface area contributed by atoms with E-state index >= 15 is 0 Å². The molecule has 1 aromatic heterocycles. The number of Topliss-reactive ketones (excluding diaryl/α,β-unsaturated/α-hetero) is 1. The molecule has 0 saturated carbocycles. The molecule has 3 heteroatoms. The maximum absolute atomic E-state index is 11.4. The molecule has 92 valence electrons. The van der Waals surface area contributed by atoms with Gasteiger partial charge >= 0.3 is 0 Å². The van der Waals surface area contributed by atoms with Crippen LogP contribution in [0.1, 0.15) is 28.4 Å². The Morgan fingerprint density at radius 2 is 2.06 bits per heavy atom. The van der Waals surface area contributed by atoms with Crippen molar-refractivity contribution >= 4 is 5.78 Å². The van der Waals surface area contributed by atoms with E-state index in [0.717, 1.165) is 11.1 Å². The van der Waals surface area contributed by atoms with Crippen LogP contribution >= 0.6 is 0 Å². The Morgan fingerprint density at radius 3 is 2.78 bits per heavy atom. The Kier molecular flexibility index (Phi) is 3.72. The van der Waals surface area contributed by atoms with Crippen molar-refractivity contribution in [2.45, 2.75) is 20.5 Å². The van der Waals surface area contributed by atoms with Crippen LogP contribution < -0.4 is 4.74 Å². The number of carbonyl (C=O) groups excluding carboxylic acids is 1. The van der Waals surface area contributed by atoms with E-state index in [1.165, 1.54) is 6.92 Å². The molecule has 0 amide bonds. The van der Waals surface area contributed by atoms with Crippen LogP contribution in [0.25, 0.3) is 0 Å². The summed E-state index contributed by atoms with van der Waals surface area (Å²) in [4.78, 5) is 15.5. The third-order valence-corrected chi connectivity index (χ3v) is 2.59. The highest BCUT2D eigenvalue weighted by Crippen LogP contribution is 2.19. The second-order valence-corrected chi connectivity index (χ2v) is 4.21. The maximum atomic E-state index is 11.4. The monoisotopic (exact) mass is 241 g/mol. The average Bonchev–Trinajstić information content (AvgIpc) is 2.37. The minimum atomic E-state index is 0.00738. The zero-order chi connectivity index (χ0) is 13.0. The van der Waals surface area contributed by atoms with E-state index in [4.69, 9.17) is 4.74 Å². The van der Waals surface area contributed by atoms with Crippen molar-refractivity contribution in [2.75, 3.05) is 0 Å². The second-order valence-electron chi connectivity index (χ2n) is 4.21. The normalized spacial score (nSPS) is 10.1. The van der Waals surface area contributed by atoms with E-state index in [9.17, 15) is 4.79 Å². The van der Waals surface area contributed by atoms with E-state index in [-0.39, 0.29) is 5.78 Å². The Bertz CT molecular complexity index is 564. The van der Waals surface area contributed by atoms with Crippen molar-refractivity contribution in [2.24, 2.45) is 0 Å². The van der Waals surface area contributed by atoms with Gasteiger partial charge in [0, 0.05) is 18.0 Å². The number of pyridine rings is 1. The van der Waals surface area contributed by atoms with Crippen LogP contribution in [0, 0.1) is 6.92 Å². The lowest BCUT2D eigenvalue weighted by Gasteiger charge is -2.09. The van der Waals surface area contributed by atoms with E-state index < -0.39 is 0 Å². The highest BCUT2D eigenvalue weighted by molar-refractivity contribution is 5.96. The van der Waals surface area contributed by atoms with E-state index in [1.54, 1.807) is 24.5 Å². The number of nitrogens with zero attached hydrogens (tertiary/aromatic N) is 1. The Balaban J connectivity index is 2.13. The molecule has 0 bridgehead atoms. The molecule has 0 spiro atoms. The minimum absolute atomic E-state index is 0.00738. The van der Waals surface area contributed by atoms with Gasteiger partial charge < -0.3 is 4.74 Å². The first-order valence-electron chi connectivity index (χ1n) is 5.80. The first-order valence-corrected chi connectivity index (χ1v) is 5.80. The summed E-state index contributed by atoms with van der Waals surface area (Å²) >= 11 is 0. The number of aryl methyl sites for hydroxylation is 1. The molecule has 0 saturated heterocycles. The molecule has 0 unspecified atom stereocenters. The van der Waals surface area contributed by atoms with Crippen LogP contribution in [-0.2, 0) is 6.61 Å². The molecular formula is C15H15NO2. The van der Waals surface area contributed by atoms with E-state index in [1.807, 2.05) is 25.1 Å². The highest BCUT2D eigenvalue weighted by atomic mass is 16.5. The fourth-order valence-corrected chi connectivity index (χ4v) is 1.74. The largest absolute Gasteiger partial charge is 0.488 e. The Labute approximate surface area is 106 Å². The summed E-state index contributed by atoms with van der Waals surface area (Å²) in [6.45, 7) is 3.94. The first-order chi connectivity index (χ1) is 8.66. The van der Waals surface area contributed by atoms with Crippen LogP contribution in [0.15, 0.2) is 42.7 Å². The molecule has 0 aliphatic carbocycles. The number of rotatable bonds is 4. The molecule has 0 radical (unpaired) electrons. The summed E-state index contributed by atoms with van der Waals surface area (Å²) < 4.78 is 5.68. The lowest BCUT2D eigenvalue weighted by molar-refractivity contribution is 0.101. The molecule has 18 heavy (non-hydrogen) atoms. The second kappa shape index (κ2) is 5.45. The fourth-order valence-electron chi connectivity index (χ4n) is 1.74. The number of para-hydroxylation sites is 1. The predicted octanol–water partition coefficient (Wildman–Crippen LogP) is 3.17. The predicted molar refractivity (Wildman–Crippen MR) is 69.8 cm³/mol. The van der Waals surface area contributed by atoms with E-state index in [0.29, 0.717) is 17.9 Å². The van der Waals surface area contributed by atoms with Crippen LogP contribution in [0.5, 0.6) is 5.75 Å². The van der Waals surface area contributed by atoms with Crippen LogP contribution in [0.4, 0.5) is 0 Å². The van der Waals surface area contributed by atoms with Gasteiger partial charge in [0.05, 0.1) is 5.56 Å². The highest BCUT2D eigenvalue weighted by Gasteiger charge is 2.07. The fraction of sp³-hybridized carbons (Fsp3) is 0.200. The molecule has 0 aliphatic rings. The van der Waals surface area contributed by atoms with Crippen LogP contribution in [0.3, 0.4) is 0 Å². The summed E-state index contributed by atoms with van der Waals surface area (Å²) in [5, 5.41) is 0. The van der Waals surface area contributed by atoms with E-state index in [2.05, 4.69) is 4.98 Å². The number of ether oxygens (including phenoxy) is 1. The zero-order valence-electron chi connectivity index (χ0n) is 10.5. The third-order valence-electron chi connectivity index (χ3n) is 2.59. The number of hydrogen-bond donors (Lipinski definition) is 0. The number of hydrogen-bond acceptors (Lipinski definition) is 3. The lowest BCUT2D eigenvalue weighted by atomic mass is 10.1. The van der Waals surface area contributed by atoms with Gasteiger partial charge in [-0.05, 0) is 37.6 Å². The van der Waals surface area contributed by atoms with Gasteiger partial charge in [-0.2, -0.15) is 0 Å². The van der Waals surface area contributed by atoms with Crippen LogP contribution in [-0.4, -0.2) is 10.8 Å². The minimum Gasteiger partial charge on any atom is -0.488 e. The SMILES string of the molecule is CC(=O)c1ccccc1OCc1cncc(C)c1. The Hall–Kier alpha value is -2.16. The smallest absolute Gasteiger partial charge is 0.163 e. The molecule has 3 nitrogen and oxygen atoms in total. The lowest BCUT2D eigenvalue weighted by Crippen LogP contribution is -2.01. The molecule has 2 rings (SSSR count). The topological polar surface area (TPSA) is 39.2 Å². The number of aromatic nitrogens is 1. The van der Waals surface area contributed by atoms with Crippen molar-refractivity contribution in [1.29, 1.82) is 0 Å². The standard InChI is InChI=1S/C15H15NO2/c1-11-7-13(9-16-8-11)10-18-15-6-4-3-5-14(15)12(2)17/h3-9H,10H2,1-2H3. The summed E-state index contributed by atoms with van der Waals surface area (Å²) in [7, 11) is 0. The van der Waals surface area contributed by atoms with Gasteiger partial charge in [-0.15, -0.1) is 0 Å². The molecule has 0 atom stereocenters.